The van der Waals surface area contributed by atoms with Gasteiger partial charge in [0.25, 0.3) is 5.91 Å². The minimum Gasteiger partial charge on any atom is -0.508 e. The van der Waals surface area contributed by atoms with E-state index < -0.39 is 0 Å². The van der Waals surface area contributed by atoms with Gasteiger partial charge in [0, 0.05) is 101 Å². The van der Waals surface area contributed by atoms with Gasteiger partial charge in [-0.1, -0.05) is 292 Å². The molecule has 0 bridgehead atoms. The number of nitrogens with zero attached hydrogens (tertiary/aromatic N) is 5. The molecule has 3 aliphatic carbocycles. The maximum Gasteiger partial charge on any atom is 0.252 e. The lowest BCUT2D eigenvalue weighted by Gasteiger charge is -2.17. The average molecular weight is 2100 g/mol. The van der Waals surface area contributed by atoms with Gasteiger partial charge in [0.05, 0.1) is 46.5 Å². The van der Waals surface area contributed by atoms with Gasteiger partial charge >= 0.3 is 0 Å². The molecule has 1 fully saturated rings. The summed E-state index contributed by atoms with van der Waals surface area (Å²) in [7, 11) is 9.28. The number of hydrogen-bond acceptors (Lipinski definition) is 12. The lowest BCUT2D eigenvalue weighted by molar-refractivity contribution is 0.0965. The molecule has 16 nitrogen and oxygen atoms in total. The summed E-state index contributed by atoms with van der Waals surface area (Å²) < 4.78 is 55.6. The fraction of sp³-hybridized carbons (Fsp3) is 0.367. The van der Waals surface area contributed by atoms with E-state index in [1.54, 1.807) is 96.9 Å². The van der Waals surface area contributed by atoms with Crippen molar-refractivity contribution >= 4 is 85.1 Å². The maximum atomic E-state index is 13.2. The Balaban J connectivity index is 0.000000200. The number of carbonyl (C=O) groups excluding carboxylic acids is 1. The Morgan fingerprint density at radius 2 is 0.907 bits per heavy atom. The second-order valence-corrected chi connectivity index (χ2v) is 43.0. The molecule has 0 radical (unpaired) electrons. The molecule has 4 aliphatic rings. The highest BCUT2D eigenvalue weighted by molar-refractivity contribution is 6.33. The van der Waals surface area contributed by atoms with Gasteiger partial charge in [0.2, 0.25) is 0 Å². The fourth-order valence-electron chi connectivity index (χ4n) is 18.4. The van der Waals surface area contributed by atoms with Crippen LogP contribution in [0.2, 0.25) is 15.1 Å². The van der Waals surface area contributed by atoms with Crippen molar-refractivity contribution < 1.29 is 63.2 Å². The van der Waals surface area contributed by atoms with E-state index in [1.807, 2.05) is 124 Å². The zero-order valence-electron chi connectivity index (χ0n) is 93.0. The number of methoxy groups -OCH3 is 2. The molecule has 0 unspecified atom stereocenters. The van der Waals surface area contributed by atoms with Crippen LogP contribution in [-0.4, -0.2) is 79.8 Å². The summed E-state index contributed by atoms with van der Waals surface area (Å²) in [4.78, 5) is 15.5. The zero-order valence-corrected chi connectivity index (χ0v) is 95.3. The number of phenols is 7. The number of pyridine rings is 1. The minimum atomic E-state index is -0.368. The van der Waals surface area contributed by atoms with Crippen LogP contribution in [0.1, 0.15) is 355 Å². The van der Waals surface area contributed by atoms with E-state index in [0.717, 1.165) is 79.3 Å². The number of aryl methyl sites for hydroxylation is 3. The van der Waals surface area contributed by atoms with E-state index in [-0.39, 0.29) is 75.1 Å². The number of phenolic OH excluding ortho intramolecular Hbond substituents is 7. The van der Waals surface area contributed by atoms with Gasteiger partial charge in [-0.2, -0.15) is 5.10 Å². The molecule has 15 aromatic rings. The molecule has 5 heterocycles. The van der Waals surface area contributed by atoms with Gasteiger partial charge in [-0.15, -0.1) is 0 Å². The summed E-state index contributed by atoms with van der Waals surface area (Å²) in [6.07, 6.45) is 19.9. The van der Waals surface area contributed by atoms with Crippen molar-refractivity contribution in [3.05, 3.63) is 370 Å². The summed E-state index contributed by atoms with van der Waals surface area (Å²) >= 11 is 17.4. The molecule has 0 atom stereocenters. The Kier molecular flexibility index (Phi) is 46.6. The maximum absolute atomic E-state index is 13.2. The highest BCUT2D eigenvalue weighted by Crippen LogP contribution is 2.47. The fourth-order valence-corrected chi connectivity index (χ4v) is 19.5. The molecule has 0 spiro atoms. The standard InChI is InChI=1S/C15H18.C13H17NO.C12H15NO.C12H14.C11H14N2O.C11H13NO2.C10H13FO.C9H10ClFO.C9H11ClO.C9H11FO.C9H12O.C8H10ClN/c1-10(2)15-13-5-3-4-11(13)8-9-14(15)12-6-7-12;1-9(2)12-8-11(15-4)7-10-5-6-14(3)13(10)12;1-8(2)11-7-10(14)6-9-4-5-13(3)12(9)11;1-9(2)11-8-7-10-5-3-4-6-12(10)11;1-7(2)10-5-9(14)4-8-6-13(3)12-11(8)10;1-6(2)8-3-7(13)4-9-10(8)5-12-11(9)14;1-7(2)10-8(11)5-4-6-9(10)12-3;1-5(2)8-6(11)3-4-7(12)9(8)10;2*1-6(2)9-7(10)4-3-5-8(9)11;1-7(2)8-5-3-4-6-9(8)10;1-6(2)8-7(9)4-3-5-10-8/h3,5,8-10,12H,4,6-7H2,1-2H3;5-9H,1-4H3;4-8,14H,1-3H3;3-6,8-9H,7H2,1-2H3;4-7,14H,1-3H3;3-4,6,13H,5H2,1-2H3,(H,12,14);4-7H,1-3H3;3-5,12H,1-2H3;2*3-6,11H,1-2H3;3-7,10H,1-2H3;3-6H,1-2H3. The van der Waals surface area contributed by atoms with Crippen LogP contribution in [0.25, 0.3) is 44.4 Å². The van der Waals surface area contributed by atoms with Crippen LogP contribution in [-0.2, 0) is 40.5 Å². The lowest BCUT2D eigenvalue weighted by Crippen LogP contribution is -2.12. The number of ether oxygens (including phenoxy) is 2. The van der Waals surface area contributed by atoms with Crippen molar-refractivity contribution in [2.24, 2.45) is 27.1 Å². The average Bonchev–Trinajstić information content (AvgIpc) is 1.62. The molecule has 8 N–H and O–H groups in total. The molecule has 802 valence electrons. The van der Waals surface area contributed by atoms with Crippen molar-refractivity contribution in [1.29, 1.82) is 0 Å². The number of nitrogens with one attached hydrogen (secondary N) is 1. The first-order chi connectivity index (χ1) is 70.8. The Bertz CT molecular complexity index is 6880. The van der Waals surface area contributed by atoms with Gasteiger partial charge in [-0.05, 0) is 302 Å². The van der Waals surface area contributed by atoms with E-state index in [2.05, 4.69) is 221 Å². The normalized spacial score (nSPS) is 12.3. The number of carbonyl (C=O) groups is 1. The number of fused-ring (bicyclic) bond motifs is 6. The van der Waals surface area contributed by atoms with Gasteiger partial charge in [-0.25, -0.2) is 13.2 Å². The first kappa shape index (κ1) is 122. The van der Waals surface area contributed by atoms with Crippen LogP contribution in [0.3, 0.4) is 0 Å². The van der Waals surface area contributed by atoms with Gasteiger partial charge in [0.15, 0.2) is 0 Å². The van der Waals surface area contributed by atoms with E-state index >= 15 is 0 Å². The van der Waals surface area contributed by atoms with E-state index in [4.69, 9.17) is 44.3 Å². The Labute approximate surface area is 903 Å². The van der Waals surface area contributed by atoms with E-state index in [1.165, 1.54) is 111 Å². The van der Waals surface area contributed by atoms with E-state index in [0.29, 0.717) is 104 Å². The van der Waals surface area contributed by atoms with Crippen molar-refractivity contribution in [1.82, 2.24) is 29.2 Å². The zero-order chi connectivity index (χ0) is 111. The Hall–Kier alpha value is -13.1. The van der Waals surface area contributed by atoms with Crippen LogP contribution >= 0.6 is 34.8 Å². The monoisotopic (exact) mass is 2100 g/mol. The molecule has 1 saturated carbocycles. The second kappa shape index (κ2) is 57.2. The number of para-hydroxylation sites is 1. The summed E-state index contributed by atoms with van der Waals surface area (Å²) in [6, 6.07) is 60.3. The van der Waals surface area contributed by atoms with Crippen molar-refractivity contribution in [3.8, 4) is 51.7 Å². The Morgan fingerprint density at radius 1 is 0.407 bits per heavy atom. The van der Waals surface area contributed by atoms with Crippen molar-refractivity contribution in [2.75, 3.05) is 14.2 Å². The minimum absolute atomic E-state index is 0.0235. The number of rotatable bonds is 15. The van der Waals surface area contributed by atoms with Crippen LogP contribution < -0.4 is 14.8 Å². The van der Waals surface area contributed by atoms with Crippen LogP contribution in [0, 0.1) is 23.4 Å². The van der Waals surface area contributed by atoms with Crippen LogP contribution in [0.4, 0.5) is 13.2 Å². The number of aromatic nitrogens is 5. The number of amides is 1. The predicted octanol–water partition coefficient (Wildman–Crippen LogP) is 35.5. The summed E-state index contributed by atoms with van der Waals surface area (Å²) in [6.45, 7) is 50.3. The summed E-state index contributed by atoms with van der Waals surface area (Å²) in [5.41, 5.74) is 24.9. The third-order valence-corrected chi connectivity index (χ3v) is 27.1. The largest absolute Gasteiger partial charge is 0.508 e. The SMILES string of the molecule is CC(C)C1=CCc2ccccc21.CC(C)c1c(C2CC2)ccc2c1C=CC2.CC(C)c1c(F)ccc(O)c1Cl.CC(C)c1c(O)cccc1Cl.CC(C)c1c(O)cccc1F.CC(C)c1cc(O)cc2c1CNC2=O.CC(C)c1cc(O)cc2ccn(C)c12.CC(C)c1cc(O)cc2cn(C)nc12.CC(C)c1ccccc1O.CC(C)c1ncccc1Cl.COc1cc(C(C)C)c2c(ccn2C)c1.COc1cccc(F)c1C(C)C. The van der Waals surface area contributed by atoms with Crippen molar-refractivity contribution in [2.45, 2.75) is 269 Å². The molecular weight excluding hydrogens is 1940 g/mol. The van der Waals surface area contributed by atoms with Crippen LogP contribution in [0.15, 0.2) is 237 Å². The molecule has 4 aromatic heterocycles. The molecule has 0 saturated heterocycles. The second-order valence-electron chi connectivity index (χ2n) is 41.8. The third kappa shape index (κ3) is 33.5. The molecular formula is C128H158Cl3F3N6O10. The third-order valence-electron chi connectivity index (χ3n) is 26.1. The number of allylic oxidation sites excluding steroid dienone is 3. The Morgan fingerprint density at radius 3 is 1.40 bits per heavy atom. The summed E-state index contributed by atoms with van der Waals surface area (Å²) in [5.74, 6) is 7.17. The van der Waals surface area contributed by atoms with Gasteiger partial charge in [-0.3, -0.25) is 14.5 Å². The molecule has 11 aromatic carbocycles. The van der Waals surface area contributed by atoms with E-state index in [9.17, 15) is 53.7 Å². The topological polar surface area (TPSA) is 230 Å². The highest BCUT2D eigenvalue weighted by Gasteiger charge is 2.30. The number of hydrogen-bond donors (Lipinski definition) is 8. The first-order valence-electron chi connectivity index (χ1n) is 52.0. The molecule has 1 aliphatic heterocycles. The molecule has 19 rings (SSSR count). The molecule has 1 amide bonds. The number of benzene rings is 11. The highest BCUT2D eigenvalue weighted by atomic mass is 35.5. The lowest BCUT2D eigenvalue weighted by atomic mass is 9.88. The van der Waals surface area contributed by atoms with Gasteiger partial charge in [0.1, 0.15) is 69.2 Å². The quantitative estimate of drug-likeness (QED) is 0.0479. The molecule has 22 heteroatoms. The van der Waals surface area contributed by atoms with Gasteiger partial charge < -0.3 is 59.7 Å². The number of halogens is 6. The molecule has 150 heavy (non-hydrogen) atoms. The summed E-state index contributed by atoms with van der Waals surface area (Å²) in [5, 5.41) is 77.6. The van der Waals surface area contributed by atoms with Crippen LogP contribution in [0.5, 0.6) is 51.7 Å². The smallest absolute Gasteiger partial charge is 0.252 e. The van der Waals surface area contributed by atoms with Crippen molar-refractivity contribution in [3.63, 3.8) is 0 Å². The predicted molar refractivity (Wildman–Crippen MR) is 619 cm³/mol. The first-order valence-corrected chi connectivity index (χ1v) is 53.1. The number of aromatic hydroxyl groups is 7.